The highest BCUT2D eigenvalue weighted by Gasteiger charge is 2.29. The monoisotopic (exact) mass is 557 g/mol. The van der Waals surface area contributed by atoms with Crippen LogP contribution in [-0.2, 0) is 4.74 Å². The predicted molar refractivity (Wildman–Crippen MR) is 152 cm³/mol. The Labute approximate surface area is 234 Å². The van der Waals surface area contributed by atoms with Gasteiger partial charge < -0.3 is 20.1 Å². The second kappa shape index (κ2) is 12.3. The van der Waals surface area contributed by atoms with Crippen molar-refractivity contribution < 1.29 is 18.6 Å². The number of para-hydroxylation sites is 2. The van der Waals surface area contributed by atoms with Crippen LogP contribution in [0.1, 0.15) is 58.7 Å². The fourth-order valence-corrected chi connectivity index (χ4v) is 5.95. The van der Waals surface area contributed by atoms with E-state index in [0.717, 1.165) is 32.2 Å². The van der Waals surface area contributed by atoms with Crippen LogP contribution in [-0.4, -0.2) is 87.1 Å². The van der Waals surface area contributed by atoms with E-state index in [1.807, 2.05) is 19.9 Å². The number of aliphatic hydroxyl groups is 1. The number of ether oxygens (including phenoxy) is 1. The van der Waals surface area contributed by atoms with E-state index in [2.05, 4.69) is 27.0 Å². The summed E-state index contributed by atoms with van der Waals surface area (Å²) in [7, 11) is 0. The summed E-state index contributed by atoms with van der Waals surface area (Å²) in [4.78, 5) is 18.2. The molecule has 40 heavy (non-hydrogen) atoms. The van der Waals surface area contributed by atoms with Crippen molar-refractivity contribution in [2.24, 2.45) is 5.92 Å². The van der Waals surface area contributed by atoms with E-state index in [4.69, 9.17) is 14.7 Å². The van der Waals surface area contributed by atoms with Gasteiger partial charge in [0, 0.05) is 38.3 Å². The minimum Gasteiger partial charge on any atom is -0.389 e. The standard InChI is InChI=1S/C29H41F2N7O2/c1-4-36(19-29(2,3)39)21-11-9-20(10-12-21)18-32-28-34-24(37-13-15-40-16-14-37)17-25(35-28)38-23-8-6-5-7-22(23)33-27(38)26(30)31/h5-8,17,20-21,26,39H,4,9-16,18-19H2,1-3H3,(H,32,34,35)/t20-,21-. The zero-order valence-electron chi connectivity index (χ0n) is 23.7. The third kappa shape index (κ3) is 6.70. The fraction of sp³-hybridized carbons (Fsp3) is 0.621. The number of likely N-dealkylation sites (N-methyl/N-ethyl adjacent to an activating group) is 1. The summed E-state index contributed by atoms with van der Waals surface area (Å²) in [5, 5.41) is 13.7. The van der Waals surface area contributed by atoms with Crippen LogP contribution in [0.2, 0.25) is 0 Å². The summed E-state index contributed by atoms with van der Waals surface area (Å²) in [6.07, 6.45) is 1.54. The van der Waals surface area contributed by atoms with E-state index in [0.29, 0.717) is 80.0 Å². The highest BCUT2D eigenvalue weighted by Crippen LogP contribution is 2.31. The molecule has 5 rings (SSSR count). The van der Waals surface area contributed by atoms with E-state index in [1.54, 1.807) is 24.3 Å². The average molecular weight is 558 g/mol. The molecule has 0 spiro atoms. The Morgan fingerprint density at radius 3 is 2.45 bits per heavy atom. The highest BCUT2D eigenvalue weighted by molar-refractivity contribution is 5.78. The molecule has 2 fully saturated rings. The number of morpholine rings is 1. The zero-order valence-corrected chi connectivity index (χ0v) is 23.7. The van der Waals surface area contributed by atoms with E-state index in [9.17, 15) is 13.9 Å². The van der Waals surface area contributed by atoms with Gasteiger partial charge in [-0.3, -0.25) is 9.47 Å². The van der Waals surface area contributed by atoms with Crippen molar-refractivity contribution in [3.8, 4) is 5.82 Å². The lowest BCUT2D eigenvalue weighted by Crippen LogP contribution is -2.46. The van der Waals surface area contributed by atoms with Gasteiger partial charge in [0.05, 0.1) is 29.8 Å². The molecule has 1 aliphatic carbocycles. The van der Waals surface area contributed by atoms with Crippen molar-refractivity contribution in [2.45, 2.75) is 64.5 Å². The first-order chi connectivity index (χ1) is 19.2. The van der Waals surface area contributed by atoms with Crippen molar-refractivity contribution in [1.29, 1.82) is 0 Å². The minimum atomic E-state index is -2.75. The van der Waals surface area contributed by atoms with Gasteiger partial charge in [0.15, 0.2) is 5.82 Å². The molecule has 3 heterocycles. The minimum absolute atomic E-state index is 0.330. The van der Waals surface area contributed by atoms with Gasteiger partial charge >= 0.3 is 0 Å². The SMILES string of the molecule is CCN(CC(C)(C)O)[C@H]1CC[C@H](CNc2nc(N3CCOCC3)cc(-n3c(C(F)F)nc4ccccc43)n2)CC1. The molecule has 9 nitrogen and oxygen atoms in total. The molecule has 2 N–H and O–H groups in total. The molecule has 2 aromatic heterocycles. The second-order valence-corrected chi connectivity index (χ2v) is 11.5. The number of alkyl halides is 2. The van der Waals surface area contributed by atoms with Crippen LogP contribution in [0.5, 0.6) is 0 Å². The summed E-state index contributed by atoms with van der Waals surface area (Å²) in [6.45, 7) is 10.7. The quantitative estimate of drug-likeness (QED) is 0.372. The van der Waals surface area contributed by atoms with Crippen molar-refractivity contribution in [3.05, 3.63) is 36.2 Å². The van der Waals surface area contributed by atoms with Gasteiger partial charge in [0.1, 0.15) is 11.6 Å². The maximum Gasteiger partial charge on any atom is 0.296 e. The molecule has 1 aliphatic heterocycles. The Balaban J connectivity index is 1.36. The molecule has 0 amide bonds. The smallest absolute Gasteiger partial charge is 0.296 e. The molecule has 11 heteroatoms. The lowest BCUT2D eigenvalue weighted by molar-refractivity contribution is 0.0134. The van der Waals surface area contributed by atoms with Crippen LogP contribution >= 0.6 is 0 Å². The van der Waals surface area contributed by atoms with Crippen molar-refractivity contribution in [1.82, 2.24) is 24.4 Å². The van der Waals surface area contributed by atoms with Gasteiger partial charge in [-0.05, 0) is 64.1 Å². The number of nitrogens with zero attached hydrogens (tertiary/aromatic N) is 6. The molecule has 0 radical (unpaired) electrons. The normalized spacial score (nSPS) is 20.6. The maximum atomic E-state index is 14.1. The van der Waals surface area contributed by atoms with Crippen LogP contribution in [0.3, 0.4) is 0 Å². The van der Waals surface area contributed by atoms with Crippen molar-refractivity contribution >= 4 is 22.8 Å². The maximum absolute atomic E-state index is 14.1. The van der Waals surface area contributed by atoms with Crippen LogP contribution < -0.4 is 10.2 Å². The highest BCUT2D eigenvalue weighted by atomic mass is 19.3. The van der Waals surface area contributed by atoms with Gasteiger partial charge in [-0.25, -0.2) is 13.8 Å². The average Bonchev–Trinajstić information content (AvgIpc) is 3.35. The number of halogens is 2. The lowest BCUT2D eigenvalue weighted by Gasteiger charge is -2.39. The molecule has 1 saturated carbocycles. The summed E-state index contributed by atoms with van der Waals surface area (Å²) in [5.74, 6) is 1.61. The third-order valence-corrected chi connectivity index (χ3v) is 7.92. The summed E-state index contributed by atoms with van der Waals surface area (Å²) in [5.41, 5.74) is 0.376. The fourth-order valence-electron chi connectivity index (χ4n) is 5.95. The Kier molecular flexibility index (Phi) is 8.82. The molecule has 1 saturated heterocycles. The number of benzene rings is 1. The number of rotatable bonds is 10. The first-order valence-corrected chi connectivity index (χ1v) is 14.4. The molecular formula is C29H41F2N7O2. The largest absolute Gasteiger partial charge is 0.389 e. The van der Waals surface area contributed by atoms with E-state index in [-0.39, 0.29) is 5.82 Å². The molecule has 0 atom stereocenters. The molecule has 1 aromatic carbocycles. The van der Waals surface area contributed by atoms with Gasteiger partial charge in [0.25, 0.3) is 6.43 Å². The Bertz CT molecular complexity index is 1260. The van der Waals surface area contributed by atoms with E-state index in [1.165, 1.54) is 4.57 Å². The number of nitrogens with one attached hydrogen (secondary N) is 1. The third-order valence-electron chi connectivity index (χ3n) is 7.92. The first kappa shape index (κ1) is 28.6. The molecule has 2 aliphatic rings. The van der Waals surface area contributed by atoms with Crippen LogP contribution in [0, 0.1) is 5.92 Å². The van der Waals surface area contributed by atoms with Crippen LogP contribution in [0.25, 0.3) is 16.9 Å². The predicted octanol–water partition coefficient (Wildman–Crippen LogP) is 4.65. The van der Waals surface area contributed by atoms with Gasteiger partial charge in [-0.15, -0.1) is 0 Å². The lowest BCUT2D eigenvalue weighted by atomic mass is 9.85. The van der Waals surface area contributed by atoms with E-state index < -0.39 is 12.0 Å². The number of hydrogen-bond donors (Lipinski definition) is 2. The van der Waals surface area contributed by atoms with E-state index >= 15 is 0 Å². The number of anilines is 2. The summed E-state index contributed by atoms with van der Waals surface area (Å²) < 4.78 is 35.2. The van der Waals surface area contributed by atoms with Crippen LogP contribution in [0.15, 0.2) is 30.3 Å². The summed E-state index contributed by atoms with van der Waals surface area (Å²) >= 11 is 0. The molecule has 0 unspecified atom stereocenters. The number of aromatic nitrogens is 4. The molecule has 0 bridgehead atoms. The number of fused-ring (bicyclic) bond motifs is 1. The number of imidazole rings is 1. The van der Waals surface area contributed by atoms with Gasteiger partial charge in [-0.1, -0.05) is 19.1 Å². The molecule has 3 aromatic rings. The first-order valence-electron chi connectivity index (χ1n) is 14.4. The second-order valence-electron chi connectivity index (χ2n) is 11.5. The topological polar surface area (TPSA) is 91.6 Å². The molecule has 218 valence electrons. The molecular weight excluding hydrogens is 516 g/mol. The van der Waals surface area contributed by atoms with Gasteiger partial charge in [0.2, 0.25) is 5.95 Å². The van der Waals surface area contributed by atoms with Crippen LogP contribution in [0.4, 0.5) is 20.5 Å². The van der Waals surface area contributed by atoms with Gasteiger partial charge in [-0.2, -0.15) is 9.97 Å². The summed E-state index contributed by atoms with van der Waals surface area (Å²) in [6, 6.07) is 9.37. The zero-order chi connectivity index (χ0) is 28.3. The Morgan fingerprint density at radius 2 is 1.77 bits per heavy atom. The van der Waals surface area contributed by atoms with Crippen molar-refractivity contribution in [3.63, 3.8) is 0 Å². The van der Waals surface area contributed by atoms with Crippen molar-refractivity contribution in [2.75, 3.05) is 56.2 Å². The Hall–Kier alpha value is -2.89. The number of hydrogen-bond acceptors (Lipinski definition) is 8. The Morgan fingerprint density at radius 1 is 1.07 bits per heavy atom.